The topological polar surface area (TPSA) is 41.3 Å². The molecule has 1 unspecified atom stereocenters. The molecule has 0 saturated heterocycles. The standard InChI is InChI=1S/C16H23N3O/c1-5-15-10-18-16(20-15)11-17-12(2)13-6-8-14(9-7-13)19(3)4/h6-10,12,17H,5,11H2,1-4H3. The molecule has 0 aliphatic carbocycles. The monoisotopic (exact) mass is 273 g/mol. The zero-order valence-electron chi connectivity index (χ0n) is 12.7. The SMILES string of the molecule is CCc1cnc(CNC(C)c2ccc(N(C)C)cc2)o1. The van der Waals surface area contributed by atoms with E-state index >= 15 is 0 Å². The van der Waals surface area contributed by atoms with E-state index in [1.54, 1.807) is 6.20 Å². The van der Waals surface area contributed by atoms with E-state index in [2.05, 4.69) is 53.3 Å². The Hall–Kier alpha value is -1.81. The molecular weight excluding hydrogens is 250 g/mol. The Balaban J connectivity index is 1.92. The molecule has 1 aromatic heterocycles. The first kappa shape index (κ1) is 14.6. The summed E-state index contributed by atoms with van der Waals surface area (Å²) in [5, 5.41) is 3.43. The number of rotatable bonds is 6. The van der Waals surface area contributed by atoms with Gasteiger partial charge in [-0.1, -0.05) is 19.1 Å². The minimum atomic E-state index is 0.267. The Kier molecular flexibility index (Phi) is 4.79. The van der Waals surface area contributed by atoms with Gasteiger partial charge < -0.3 is 14.6 Å². The number of nitrogens with zero attached hydrogens (tertiary/aromatic N) is 2. The first-order chi connectivity index (χ1) is 9.60. The molecule has 0 spiro atoms. The maximum atomic E-state index is 5.59. The quantitative estimate of drug-likeness (QED) is 0.878. The van der Waals surface area contributed by atoms with E-state index in [-0.39, 0.29) is 6.04 Å². The second kappa shape index (κ2) is 6.57. The van der Waals surface area contributed by atoms with Gasteiger partial charge in [0.2, 0.25) is 5.89 Å². The van der Waals surface area contributed by atoms with E-state index < -0.39 is 0 Å². The highest BCUT2D eigenvalue weighted by atomic mass is 16.4. The van der Waals surface area contributed by atoms with Gasteiger partial charge in [0.15, 0.2) is 0 Å². The van der Waals surface area contributed by atoms with Crippen molar-refractivity contribution in [3.05, 3.63) is 47.7 Å². The van der Waals surface area contributed by atoms with Gasteiger partial charge in [0.25, 0.3) is 0 Å². The summed E-state index contributed by atoms with van der Waals surface area (Å²) < 4.78 is 5.59. The molecule has 0 bridgehead atoms. The van der Waals surface area contributed by atoms with Crippen LogP contribution in [-0.4, -0.2) is 19.1 Å². The van der Waals surface area contributed by atoms with Crippen LogP contribution in [0, 0.1) is 0 Å². The molecule has 0 radical (unpaired) electrons. The maximum absolute atomic E-state index is 5.59. The molecule has 0 fully saturated rings. The largest absolute Gasteiger partial charge is 0.444 e. The Morgan fingerprint density at radius 3 is 2.50 bits per heavy atom. The van der Waals surface area contributed by atoms with Crippen LogP contribution in [0.25, 0.3) is 0 Å². The first-order valence-corrected chi connectivity index (χ1v) is 7.04. The van der Waals surface area contributed by atoms with Gasteiger partial charge in [0.1, 0.15) is 5.76 Å². The number of benzene rings is 1. The molecule has 20 heavy (non-hydrogen) atoms. The van der Waals surface area contributed by atoms with E-state index in [1.165, 1.54) is 11.3 Å². The van der Waals surface area contributed by atoms with Crippen molar-refractivity contribution < 1.29 is 4.42 Å². The third-order valence-corrected chi connectivity index (χ3v) is 3.42. The third kappa shape index (κ3) is 3.61. The van der Waals surface area contributed by atoms with Gasteiger partial charge in [-0.25, -0.2) is 4.98 Å². The average Bonchev–Trinajstić information content (AvgIpc) is 2.93. The summed E-state index contributed by atoms with van der Waals surface area (Å²) in [5.74, 6) is 1.68. The zero-order valence-corrected chi connectivity index (χ0v) is 12.7. The fourth-order valence-corrected chi connectivity index (χ4v) is 2.01. The lowest BCUT2D eigenvalue weighted by Gasteiger charge is -2.16. The summed E-state index contributed by atoms with van der Waals surface area (Å²) in [6, 6.07) is 8.84. The van der Waals surface area contributed by atoms with Crippen LogP contribution in [0.3, 0.4) is 0 Å². The van der Waals surface area contributed by atoms with Crippen molar-refractivity contribution in [3.8, 4) is 0 Å². The number of aromatic nitrogens is 1. The summed E-state index contributed by atoms with van der Waals surface area (Å²) in [5.41, 5.74) is 2.47. The number of aryl methyl sites for hydroxylation is 1. The van der Waals surface area contributed by atoms with E-state index in [0.29, 0.717) is 6.54 Å². The molecule has 2 aromatic rings. The molecular formula is C16H23N3O. The van der Waals surface area contributed by atoms with Crippen molar-refractivity contribution in [1.29, 1.82) is 0 Å². The van der Waals surface area contributed by atoms with Crippen molar-refractivity contribution in [3.63, 3.8) is 0 Å². The van der Waals surface area contributed by atoms with Crippen LogP contribution in [0.2, 0.25) is 0 Å². The van der Waals surface area contributed by atoms with Crippen LogP contribution in [0.4, 0.5) is 5.69 Å². The summed E-state index contributed by atoms with van der Waals surface area (Å²) in [4.78, 5) is 6.35. The van der Waals surface area contributed by atoms with Crippen molar-refractivity contribution in [2.24, 2.45) is 0 Å². The van der Waals surface area contributed by atoms with Gasteiger partial charge in [-0.3, -0.25) is 0 Å². The molecule has 1 heterocycles. The molecule has 0 saturated carbocycles. The molecule has 1 atom stereocenters. The van der Waals surface area contributed by atoms with E-state index in [9.17, 15) is 0 Å². The Morgan fingerprint density at radius 2 is 1.95 bits per heavy atom. The molecule has 0 aliphatic rings. The Morgan fingerprint density at radius 1 is 1.25 bits per heavy atom. The number of anilines is 1. The van der Waals surface area contributed by atoms with Gasteiger partial charge in [-0.05, 0) is 24.6 Å². The molecule has 0 amide bonds. The van der Waals surface area contributed by atoms with Gasteiger partial charge in [-0.15, -0.1) is 0 Å². The van der Waals surface area contributed by atoms with Gasteiger partial charge in [0.05, 0.1) is 12.7 Å². The highest BCUT2D eigenvalue weighted by Gasteiger charge is 2.08. The number of hydrogen-bond acceptors (Lipinski definition) is 4. The highest BCUT2D eigenvalue weighted by molar-refractivity contribution is 5.46. The van der Waals surface area contributed by atoms with E-state index in [4.69, 9.17) is 4.42 Å². The van der Waals surface area contributed by atoms with Crippen molar-refractivity contribution in [2.45, 2.75) is 32.9 Å². The lowest BCUT2D eigenvalue weighted by molar-refractivity contribution is 0.424. The molecule has 4 heteroatoms. The Labute approximate surface area is 120 Å². The summed E-state index contributed by atoms with van der Waals surface area (Å²) in [6.45, 7) is 4.86. The normalized spacial score (nSPS) is 12.4. The second-order valence-electron chi connectivity index (χ2n) is 5.16. The van der Waals surface area contributed by atoms with Crippen LogP contribution < -0.4 is 10.2 Å². The van der Waals surface area contributed by atoms with Crippen LogP contribution in [0.1, 0.15) is 37.1 Å². The van der Waals surface area contributed by atoms with Gasteiger partial charge in [-0.2, -0.15) is 0 Å². The smallest absolute Gasteiger partial charge is 0.208 e. The lowest BCUT2D eigenvalue weighted by atomic mass is 10.1. The van der Waals surface area contributed by atoms with E-state index in [1.807, 2.05) is 14.1 Å². The lowest BCUT2D eigenvalue weighted by Crippen LogP contribution is -2.18. The van der Waals surface area contributed by atoms with Crippen molar-refractivity contribution >= 4 is 5.69 Å². The number of hydrogen-bond donors (Lipinski definition) is 1. The number of nitrogens with one attached hydrogen (secondary N) is 1. The molecule has 0 aliphatic heterocycles. The minimum absolute atomic E-state index is 0.267. The Bertz CT molecular complexity index is 531. The highest BCUT2D eigenvalue weighted by Crippen LogP contribution is 2.18. The predicted octanol–water partition coefficient (Wildman–Crippen LogP) is 3.15. The van der Waals surface area contributed by atoms with Crippen molar-refractivity contribution in [2.75, 3.05) is 19.0 Å². The maximum Gasteiger partial charge on any atom is 0.208 e. The molecule has 1 aromatic carbocycles. The first-order valence-electron chi connectivity index (χ1n) is 7.04. The van der Waals surface area contributed by atoms with Gasteiger partial charge in [0, 0.05) is 32.2 Å². The average molecular weight is 273 g/mol. The summed E-state index contributed by atoms with van der Waals surface area (Å²) >= 11 is 0. The van der Waals surface area contributed by atoms with Gasteiger partial charge >= 0.3 is 0 Å². The molecule has 2 rings (SSSR count). The summed E-state index contributed by atoms with van der Waals surface area (Å²) in [7, 11) is 4.09. The van der Waals surface area contributed by atoms with E-state index in [0.717, 1.165) is 18.1 Å². The van der Waals surface area contributed by atoms with Crippen molar-refractivity contribution in [1.82, 2.24) is 10.3 Å². The number of oxazole rings is 1. The molecule has 4 nitrogen and oxygen atoms in total. The van der Waals surface area contributed by atoms with Crippen LogP contribution in [0.15, 0.2) is 34.9 Å². The minimum Gasteiger partial charge on any atom is -0.444 e. The van der Waals surface area contributed by atoms with Crippen LogP contribution >= 0.6 is 0 Å². The van der Waals surface area contributed by atoms with Crippen LogP contribution in [-0.2, 0) is 13.0 Å². The van der Waals surface area contributed by atoms with Crippen LogP contribution in [0.5, 0.6) is 0 Å². The molecule has 108 valence electrons. The summed E-state index contributed by atoms with van der Waals surface area (Å²) in [6.07, 6.45) is 2.68. The molecule has 1 N–H and O–H groups in total. The fraction of sp³-hybridized carbons (Fsp3) is 0.438. The zero-order chi connectivity index (χ0) is 14.5. The third-order valence-electron chi connectivity index (χ3n) is 3.42. The predicted molar refractivity (Wildman–Crippen MR) is 81.9 cm³/mol. The second-order valence-corrected chi connectivity index (χ2v) is 5.16. The fourth-order valence-electron chi connectivity index (χ4n) is 2.01.